The Labute approximate surface area is 243 Å². The van der Waals surface area contributed by atoms with Crippen LogP contribution in [0.2, 0.25) is 0 Å². The van der Waals surface area contributed by atoms with E-state index in [-0.39, 0.29) is 48.8 Å². The van der Waals surface area contributed by atoms with Crippen molar-refractivity contribution < 1.29 is 37.0 Å². The average Bonchev–Trinajstić information content (AvgIpc) is 2.94. The number of primary amides is 2. The number of carbonyl (C=O) groups excluding carboxylic acids is 2. The highest BCUT2D eigenvalue weighted by Gasteiger charge is 2.13. The number of ether oxygens (including phenoxy) is 3. The lowest BCUT2D eigenvalue weighted by Gasteiger charge is -2.16. The predicted molar refractivity (Wildman–Crippen MR) is 153 cm³/mol. The van der Waals surface area contributed by atoms with Crippen molar-refractivity contribution in [3.8, 4) is 0 Å². The Morgan fingerprint density at radius 3 is 1.14 bits per heavy atom. The van der Waals surface area contributed by atoms with Crippen molar-refractivity contribution in [1.29, 1.82) is 0 Å². The van der Waals surface area contributed by atoms with E-state index < -0.39 is 12.1 Å². The van der Waals surface area contributed by atoms with Gasteiger partial charge in [-0.1, -0.05) is 36.4 Å². The zero-order chi connectivity index (χ0) is 31.5. The smallest absolute Gasteiger partial charge is 0.312 e. The van der Waals surface area contributed by atoms with Crippen LogP contribution in [0.4, 0.5) is 22.8 Å². The number of benzene rings is 3. The van der Waals surface area contributed by atoms with Gasteiger partial charge in [0.2, 0.25) is 0 Å². The van der Waals surface area contributed by atoms with E-state index in [2.05, 4.69) is 10.6 Å². The van der Waals surface area contributed by atoms with Gasteiger partial charge in [-0.15, -0.1) is 0 Å². The van der Waals surface area contributed by atoms with Gasteiger partial charge in [-0.05, 0) is 53.1 Å². The third-order valence-corrected chi connectivity index (χ3v) is 5.49. The molecule has 13 heteroatoms. The first-order valence-corrected chi connectivity index (χ1v) is 12.6. The predicted octanol–water partition coefficient (Wildman–Crippen LogP) is 3.83. The zero-order valence-electron chi connectivity index (χ0n) is 23.7. The van der Waals surface area contributed by atoms with Crippen molar-refractivity contribution in [2.24, 2.45) is 17.2 Å². The van der Waals surface area contributed by atoms with Gasteiger partial charge in [0, 0.05) is 21.3 Å². The van der Waals surface area contributed by atoms with E-state index in [1.807, 2.05) is 0 Å². The molecule has 3 atom stereocenters. The van der Waals surface area contributed by atoms with Gasteiger partial charge >= 0.3 is 12.1 Å². The third-order valence-electron chi connectivity index (χ3n) is 5.49. The van der Waals surface area contributed by atoms with Crippen LogP contribution in [0, 0.1) is 17.5 Å². The molecule has 0 spiro atoms. The maximum absolute atomic E-state index is 12.7. The summed E-state index contributed by atoms with van der Waals surface area (Å²) >= 11 is 0. The van der Waals surface area contributed by atoms with Gasteiger partial charge in [0.05, 0.1) is 37.9 Å². The van der Waals surface area contributed by atoms with E-state index >= 15 is 0 Å². The number of methoxy groups -OCH3 is 3. The lowest BCUT2D eigenvalue weighted by molar-refractivity contribution is 0.167. The molecule has 8 N–H and O–H groups in total. The summed E-state index contributed by atoms with van der Waals surface area (Å²) in [4.78, 5) is 21.4. The Morgan fingerprint density at radius 2 is 0.881 bits per heavy atom. The molecule has 0 aromatic heterocycles. The van der Waals surface area contributed by atoms with Gasteiger partial charge in [0.25, 0.3) is 0 Å². The van der Waals surface area contributed by atoms with E-state index in [0.29, 0.717) is 6.61 Å². The number of nitrogens with one attached hydrogen (secondary N) is 2. The molecule has 0 radical (unpaired) electrons. The molecule has 3 aromatic rings. The maximum Gasteiger partial charge on any atom is 0.312 e. The van der Waals surface area contributed by atoms with E-state index in [1.165, 1.54) is 50.6 Å². The maximum atomic E-state index is 12.7. The van der Waals surface area contributed by atoms with Crippen LogP contribution < -0.4 is 27.8 Å². The molecule has 4 amide bonds. The van der Waals surface area contributed by atoms with Gasteiger partial charge in [-0.25, -0.2) is 22.8 Å². The molecule has 0 fully saturated rings. The number of halogens is 3. The van der Waals surface area contributed by atoms with Crippen LogP contribution in [0.1, 0.15) is 34.8 Å². The van der Waals surface area contributed by atoms with Crippen LogP contribution in [0.3, 0.4) is 0 Å². The summed E-state index contributed by atoms with van der Waals surface area (Å²) in [5.74, 6) is -0.897. The second kappa shape index (κ2) is 19.8. The van der Waals surface area contributed by atoms with Crippen LogP contribution in [-0.4, -0.2) is 53.2 Å². The molecule has 42 heavy (non-hydrogen) atoms. The number of nitrogens with two attached hydrogens (primary N) is 3. The quantitative estimate of drug-likeness (QED) is 0.227. The lowest BCUT2D eigenvalue weighted by atomic mass is 10.1. The minimum absolute atomic E-state index is 0.171. The minimum atomic E-state index is -0.638. The lowest BCUT2D eigenvalue weighted by Crippen LogP contribution is -2.35. The number of urea groups is 2. The Kier molecular flexibility index (Phi) is 16.9. The highest BCUT2D eigenvalue weighted by atomic mass is 19.1. The van der Waals surface area contributed by atoms with Crippen LogP contribution in [-0.2, 0) is 14.2 Å². The normalized spacial score (nSPS) is 12.4. The molecular formula is C29H38F3N5O5. The van der Waals surface area contributed by atoms with Crippen molar-refractivity contribution in [3.05, 3.63) is 107 Å². The molecule has 0 heterocycles. The highest BCUT2D eigenvalue weighted by Crippen LogP contribution is 2.15. The molecule has 0 saturated heterocycles. The number of carbonyl (C=O) groups is 2. The topological polar surface area (TPSA) is 164 Å². The van der Waals surface area contributed by atoms with Gasteiger partial charge in [0.15, 0.2) is 0 Å². The van der Waals surface area contributed by atoms with E-state index in [4.69, 9.17) is 31.4 Å². The van der Waals surface area contributed by atoms with Crippen LogP contribution in [0.15, 0.2) is 72.8 Å². The van der Waals surface area contributed by atoms with Gasteiger partial charge in [-0.2, -0.15) is 0 Å². The summed E-state index contributed by atoms with van der Waals surface area (Å²) in [6.45, 7) is 1.02. The molecule has 230 valence electrons. The standard InChI is InChI=1S/2C10H13FN2O2.C9H12FNO/c2*1-15-6-9(13-10(12)14)7-2-4-8(11)5-3-7;1-12-6-9(11)7-2-4-8(10)5-3-7/h2*2-5,9H,6H2,1H3,(H3,12,13,14);2-5,9H,6,11H2,1H3/t2*9-;/m10./s1. The fraction of sp³-hybridized carbons (Fsp3) is 0.310. The molecule has 0 saturated carbocycles. The summed E-state index contributed by atoms with van der Waals surface area (Å²) in [5.41, 5.74) is 18.1. The Hall–Kier alpha value is -4.17. The summed E-state index contributed by atoms with van der Waals surface area (Å²) in [5, 5.41) is 5.02. The first-order valence-electron chi connectivity index (χ1n) is 12.6. The van der Waals surface area contributed by atoms with Gasteiger partial charge in [0.1, 0.15) is 17.5 Å². The first-order chi connectivity index (χ1) is 20.0. The first kappa shape index (κ1) is 35.9. The highest BCUT2D eigenvalue weighted by molar-refractivity contribution is 5.72. The molecule has 0 aliphatic rings. The number of hydrogen-bond acceptors (Lipinski definition) is 6. The van der Waals surface area contributed by atoms with Crippen molar-refractivity contribution in [2.45, 2.75) is 18.1 Å². The molecule has 1 unspecified atom stereocenters. The summed E-state index contributed by atoms with van der Waals surface area (Å²) in [7, 11) is 4.61. The summed E-state index contributed by atoms with van der Waals surface area (Å²) < 4.78 is 52.5. The molecule has 3 aromatic carbocycles. The largest absolute Gasteiger partial charge is 0.383 e. The number of amides is 4. The molecular weight excluding hydrogens is 555 g/mol. The van der Waals surface area contributed by atoms with Crippen molar-refractivity contribution in [3.63, 3.8) is 0 Å². The van der Waals surface area contributed by atoms with Crippen LogP contribution >= 0.6 is 0 Å². The molecule has 3 rings (SSSR count). The molecule has 0 aliphatic heterocycles. The van der Waals surface area contributed by atoms with Crippen molar-refractivity contribution in [1.82, 2.24) is 10.6 Å². The minimum Gasteiger partial charge on any atom is -0.383 e. The number of hydrogen-bond donors (Lipinski definition) is 5. The van der Waals surface area contributed by atoms with E-state index in [1.54, 1.807) is 43.5 Å². The fourth-order valence-corrected chi connectivity index (χ4v) is 3.50. The second-order valence-corrected chi connectivity index (χ2v) is 8.75. The monoisotopic (exact) mass is 593 g/mol. The summed E-state index contributed by atoms with van der Waals surface area (Å²) in [6, 6.07) is 15.6. The average molecular weight is 594 g/mol. The Morgan fingerprint density at radius 1 is 0.595 bits per heavy atom. The van der Waals surface area contributed by atoms with Crippen molar-refractivity contribution >= 4 is 12.1 Å². The van der Waals surface area contributed by atoms with Crippen LogP contribution in [0.5, 0.6) is 0 Å². The Balaban J connectivity index is 0.000000317. The molecule has 10 nitrogen and oxygen atoms in total. The van der Waals surface area contributed by atoms with E-state index in [0.717, 1.165) is 16.7 Å². The molecule has 0 aliphatic carbocycles. The van der Waals surface area contributed by atoms with E-state index in [9.17, 15) is 22.8 Å². The van der Waals surface area contributed by atoms with Gasteiger partial charge in [-0.3, -0.25) is 0 Å². The number of rotatable bonds is 11. The van der Waals surface area contributed by atoms with Crippen molar-refractivity contribution in [2.75, 3.05) is 41.2 Å². The molecule has 0 bridgehead atoms. The SMILES string of the molecule is COCC(N)c1ccc(F)cc1.COC[C@@H](NC(N)=O)c1ccc(F)cc1.COC[C@H](NC(N)=O)c1ccc(F)cc1. The van der Waals surface area contributed by atoms with Crippen LogP contribution in [0.25, 0.3) is 0 Å². The third kappa shape index (κ3) is 14.5. The van der Waals surface area contributed by atoms with Gasteiger partial charge < -0.3 is 42.0 Å². The summed E-state index contributed by atoms with van der Waals surface area (Å²) in [6.07, 6.45) is 0. The Bertz CT molecular complexity index is 1120. The second-order valence-electron chi connectivity index (χ2n) is 8.75. The zero-order valence-corrected chi connectivity index (χ0v) is 23.7. The fourth-order valence-electron chi connectivity index (χ4n) is 3.50.